The fraction of sp³-hybridized carbons (Fsp3) is 0.385. The smallest absolute Gasteiger partial charge is 0.283 e. The summed E-state index contributed by atoms with van der Waals surface area (Å²) in [6.45, 7) is 4.83. The highest BCUT2D eigenvalue weighted by Gasteiger charge is 2.20. The molecule has 120 valence electrons. The second-order valence-corrected chi connectivity index (χ2v) is 5.78. The van der Waals surface area contributed by atoms with Crippen LogP contribution in [0, 0.1) is 16.0 Å². The van der Waals surface area contributed by atoms with E-state index in [2.05, 4.69) is 30.0 Å². The lowest BCUT2D eigenvalue weighted by Crippen LogP contribution is -2.47. The maximum atomic E-state index is 12.0. The van der Waals surface area contributed by atoms with Crippen LogP contribution >= 0.6 is 23.8 Å². The number of hydrazine groups is 1. The van der Waals surface area contributed by atoms with Crippen molar-refractivity contribution in [3.05, 3.63) is 38.9 Å². The summed E-state index contributed by atoms with van der Waals surface area (Å²) < 4.78 is 0. The van der Waals surface area contributed by atoms with Gasteiger partial charge in [-0.25, -0.2) is 0 Å². The van der Waals surface area contributed by atoms with Crippen molar-refractivity contribution in [2.75, 3.05) is 6.54 Å². The molecule has 0 aliphatic rings. The number of halogens is 1. The Balaban J connectivity index is 2.59. The van der Waals surface area contributed by atoms with E-state index < -0.39 is 10.8 Å². The summed E-state index contributed by atoms with van der Waals surface area (Å²) in [5, 5.41) is 14.3. The molecule has 0 unspecified atom stereocenters. The van der Waals surface area contributed by atoms with Gasteiger partial charge in [0.2, 0.25) is 0 Å². The van der Waals surface area contributed by atoms with Crippen LogP contribution in [0.4, 0.5) is 5.69 Å². The molecule has 22 heavy (non-hydrogen) atoms. The minimum absolute atomic E-state index is 0.105. The van der Waals surface area contributed by atoms with Crippen LogP contribution in [0.25, 0.3) is 0 Å². The van der Waals surface area contributed by atoms with Crippen molar-refractivity contribution < 1.29 is 9.72 Å². The maximum absolute atomic E-state index is 12.0. The van der Waals surface area contributed by atoms with Crippen LogP contribution in [0.15, 0.2) is 18.2 Å². The number of hydrogen-bond donors (Lipinski definition) is 3. The number of hydrogen-bond acceptors (Lipinski definition) is 4. The Bertz CT molecular complexity index is 580. The minimum Gasteiger partial charge on any atom is -0.361 e. The number of benzene rings is 1. The van der Waals surface area contributed by atoms with E-state index >= 15 is 0 Å². The highest BCUT2D eigenvalue weighted by Crippen LogP contribution is 2.22. The van der Waals surface area contributed by atoms with Crippen molar-refractivity contribution in [2.45, 2.75) is 20.3 Å². The number of nitrogens with one attached hydrogen (secondary N) is 3. The highest BCUT2D eigenvalue weighted by molar-refractivity contribution is 7.80. The molecule has 0 heterocycles. The first-order valence-corrected chi connectivity index (χ1v) is 7.38. The zero-order valence-electron chi connectivity index (χ0n) is 12.2. The lowest BCUT2D eigenvalue weighted by Gasteiger charge is -2.12. The van der Waals surface area contributed by atoms with E-state index in [1.165, 1.54) is 12.1 Å². The summed E-state index contributed by atoms with van der Waals surface area (Å²) in [5.74, 6) is -0.141. The van der Waals surface area contributed by atoms with E-state index in [-0.39, 0.29) is 21.4 Å². The maximum Gasteiger partial charge on any atom is 0.283 e. The molecule has 0 saturated carbocycles. The van der Waals surface area contributed by atoms with E-state index in [9.17, 15) is 14.9 Å². The van der Waals surface area contributed by atoms with Crippen LogP contribution in [0.2, 0.25) is 5.02 Å². The number of carbonyl (C=O) groups excluding carboxylic acids is 1. The molecule has 0 radical (unpaired) electrons. The van der Waals surface area contributed by atoms with Gasteiger partial charge < -0.3 is 5.32 Å². The zero-order chi connectivity index (χ0) is 16.7. The monoisotopic (exact) mass is 344 g/mol. The fourth-order valence-corrected chi connectivity index (χ4v) is 1.87. The molecule has 1 amide bonds. The summed E-state index contributed by atoms with van der Waals surface area (Å²) in [7, 11) is 0. The Morgan fingerprint density at radius 3 is 2.68 bits per heavy atom. The second-order valence-electron chi connectivity index (χ2n) is 4.94. The SMILES string of the molecule is CC(C)CCNC(=S)NNC(=O)c1ccc(Cl)cc1[N+](=O)[O-]. The van der Waals surface area contributed by atoms with Crippen molar-refractivity contribution in [3.63, 3.8) is 0 Å². The molecule has 7 nitrogen and oxygen atoms in total. The summed E-state index contributed by atoms with van der Waals surface area (Å²) in [6, 6.07) is 3.81. The Hall–Kier alpha value is -1.93. The van der Waals surface area contributed by atoms with E-state index in [1.54, 1.807) is 0 Å². The molecule has 0 saturated heterocycles. The molecule has 1 aromatic carbocycles. The Labute approximate surface area is 138 Å². The second kappa shape index (κ2) is 8.50. The number of nitrogens with zero attached hydrogens (tertiary/aromatic N) is 1. The van der Waals surface area contributed by atoms with Gasteiger partial charge >= 0.3 is 0 Å². The molecular formula is C13H17ClN4O3S. The summed E-state index contributed by atoms with van der Waals surface area (Å²) in [6.07, 6.45) is 0.929. The first-order valence-electron chi connectivity index (χ1n) is 6.59. The quantitative estimate of drug-likeness (QED) is 0.431. The van der Waals surface area contributed by atoms with Crippen LogP contribution in [-0.4, -0.2) is 22.5 Å². The lowest BCUT2D eigenvalue weighted by atomic mass is 10.1. The van der Waals surface area contributed by atoms with E-state index in [0.29, 0.717) is 12.5 Å². The van der Waals surface area contributed by atoms with Crippen LogP contribution in [0.5, 0.6) is 0 Å². The van der Waals surface area contributed by atoms with Gasteiger partial charge in [-0.1, -0.05) is 25.4 Å². The van der Waals surface area contributed by atoms with Crippen LogP contribution in [0.3, 0.4) is 0 Å². The predicted molar refractivity (Wildman–Crippen MR) is 88.8 cm³/mol. The average molecular weight is 345 g/mol. The normalized spacial score (nSPS) is 10.2. The number of nitro benzene ring substituents is 1. The third-order valence-corrected chi connectivity index (χ3v) is 3.18. The predicted octanol–water partition coefficient (Wildman–Crippen LogP) is 2.40. The molecule has 1 rings (SSSR count). The third-order valence-electron chi connectivity index (χ3n) is 2.70. The summed E-state index contributed by atoms with van der Waals surface area (Å²) in [4.78, 5) is 22.2. The fourth-order valence-electron chi connectivity index (χ4n) is 1.55. The first-order chi connectivity index (χ1) is 10.3. The van der Waals surface area contributed by atoms with Crippen molar-refractivity contribution in [1.82, 2.24) is 16.2 Å². The molecule has 1 aromatic rings. The Kier molecular flexibility index (Phi) is 7.00. The molecule has 3 N–H and O–H groups in total. The molecule has 0 atom stereocenters. The van der Waals surface area contributed by atoms with E-state index in [1.807, 2.05) is 0 Å². The van der Waals surface area contributed by atoms with Crippen molar-refractivity contribution in [2.24, 2.45) is 5.92 Å². The minimum atomic E-state index is -0.670. The molecule has 9 heteroatoms. The molecule has 0 aromatic heterocycles. The topological polar surface area (TPSA) is 96.3 Å². The van der Waals surface area contributed by atoms with Gasteiger partial charge in [-0.05, 0) is 36.7 Å². The van der Waals surface area contributed by atoms with Gasteiger partial charge in [0.15, 0.2) is 5.11 Å². The zero-order valence-corrected chi connectivity index (χ0v) is 13.8. The van der Waals surface area contributed by atoms with Gasteiger partial charge in [0, 0.05) is 17.6 Å². The molecule has 0 spiro atoms. The lowest BCUT2D eigenvalue weighted by molar-refractivity contribution is -0.385. The Morgan fingerprint density at radius 1 is 1.41 bits per heavy atom. The number of nitro groups is 1. The van der Waals surface area contributed by atoms with Crippen LogP contribution in [0.1, 0.15) is 30.6 Å². The summed E-state index contributed by atoms with van der Waals surface area (Å²) >= 11 is 10.7. The number of thiocarbonyl (C=S) groups is 1. The van der Waals surface area contributed by atoms with Crippen molar-refractivity contribution >= 4 is 40.5 Å². The van der Waals surface area contributed by atoms with Gasteiger partial charge in [0.05, 0.1) is 4.92 Å². The molecule has 0 aliphatic carbocycles. The van der Waals surface area contributed by atoms with Crippen LogP contribution < -0.4 is 16.2 Å². The molecule has 0 fully saturated rings. The number of rotatable bonds is 5. The van der Waals surface area contributed by atoms with Crippen LogP contribution in [-0.2, 0) is 0 Å². The molecule has 0 aliphatic heterocycles. The summed E-state index contributed by atoms with van der Waals surface area (Å²) in [5.41, 5.74) is 4.34. The van der Waals surface area contributed by atoms with Crippen molar-refractivity contribution in [3.8, 4) is 0 Å². The van der Waals surface area contributed by atoms with Gasteiger partial charge in [-0.3, -0.25) is 25.8 Å². The molecular weight excluding hydrogens is 328 g/mol. The number of carbonyl (C=O) groups is 1. The standard InChI is InChI=1S/C13H17ClN4O3S/c1-8(2)5-6-15-13(22)17-16-12(19)10-4-3-9(14)7-11(10)18(20)21/h3-4,7-8H,5-6H2,1-2H3,(H,16,19)(H2,15,17,22). The van der Waals surface area contributed by atoms with Gasteiger partial charge in [-0.2, -0.15) is 0 Å². The average Bonchev–Trinajstić information content (AvgIpc) is 2.44. The highest BCUT2D eigenvalue weighted by atomic mass is 35.5. The van der Waals surface area contributed by atoms with Crippen molar-refractivity contribution in [1.29, 1.82) is 0 Å². The Morgan fingerprint density at radius 2 is 2.09 bits per heavy atom. The molecule has 0 bridgehead atoms. The van der Waals surface area contributed by atoms with Gasteiger partial charge in [-0.15, -0.1) is 0 Å². The van der Waals surface area contributed by atoms with E-state index in [0.717, 1.165) is 12.5 Å². The van der Waals surface area contributed by atoms with Gasteiger partial charge in [0.25, 0.3) is 11.6 Å². The first kappa shape index (κ1) is 18.1. The van der Waals surface area contributed by atoms with E-state index in [4.69, 9.17) is 23.8 Å². The largest absolute Gasteiger partial charge is 0.361 e. The third kappa shape index (κ3) is 5.82. The van der Waals surface area contributed by atoms with Gasteiger partial charge in [0.1, 0.15) is 5.56 Å². The number of amides is 1.